The zero-order valence-corrected chi connectivity index (χ0v) is 11.5. The predicted molar refractivity (Wildman–Crippen MR) is 81.9 cm³/mol. The van der Waals surface area contributed by atoms with Crippen LogP contribution in [0.4, 0.5) is 0 Å². The molecule has 0 amide bonds. The molecule has 0 fully saturated rings. The predicted octanol–water partition coefficient (Wildman–Crippen LogP) is 3.16. The number of methoxy groups -OCH3 is 1. The molecular formula is C17H18N2O. The summed E-state index contributed by atoms with van der Waals surface area (Å²) in [6.07, 6.45) is 2.12. The third kappa shape index (κ3) is 2.28. The highest BCUT2D eigenvalue weighted by atomic mass is 16.5. The Morgan fingerprint density at radius 2 is 1.95 bits per heavy atom. The van der Waals surface area contributed by atoms with Gasteiger partial charge in [0.1, 0.15) is 5.75 Å². The fraction of sp³-hybridized carbons (Fsp3) is 0.176. The van der Waals surface area contributed by atoms with E-state index in [1.807, 2.05) is 6.07 Å². The number of aromatic nitrogens is 1. The Kier molecular flexibility index (Phi) is 3.44. The maximum atomic E-state index is 5.70. The van der Waals surface area contributed by atoms with Gasteiger partial charge >= 0.3 is 0 Å². The molecule has 3 rings (SSSR count). The Balaban J connectivity index is 1.95. The lowest BCUT2D eigenvalue weighted by Gasteiger charge is -2.10. The molecule has 0 radical (unpaired) electrons. The van der Waals surface area contributed by atoms with E-state index in [1.54, 1.807) is 7.11 Å². The molecule has 102 valence electrons. The van der Waals surface area contributed by atoms with E-state index in [0.29, 0.717) is 6.54 Å². The smallest absolute Gasteiger partial charge is 0.123 e. The Morgan fingerprint density at radius 1 is 1.10 bits per heavy atom. The molecule has 1 heterocycles. The standard InChI is InChI=1S/C17H18N2O/c1-20-17-10-13(6-7-15(17)11-18)12-19-9-8-14-4-2-3-5-16(14)19/h2-10H,11-12,18H2,1H3. The second kappa shape index (κ2) is 5.39. The van der Waals surface area contributed by atoms with Crippen molar-refractivity contribution < 1.29 is 4.74 Å². The number of nitrogens with zero attached hydrogens (tertiary/aromatic N) is 1. The van der Waals surface area contributed by atoms with Gasteiger partial charge in [0.15, 0.2) is 0 Å². The summed E-state index contributed by atoms with van der Waals surface area (Å²) in [6.45, 7) is 1.32. The molecule has 0 saturated heterocycles. The molecule has 0 unspecified atom stereocenters. The Labute approximate surface area is 118 Å². The van der Waals surface area contributed by atoms with Crippen LogP contribution in [0.25, 0.3) is 10.9 Å². The van der Waals surface area contributed by atoms with Crippen molar-refractivity contribution in [2.45, 2.75) is 13.1 Å². The van der Waals surface area contributed by atoms with Crippen molar-refractivity contribution in [2.75, 3.05) is 7.11 Å². The van der Waals surface area contributed by atoms with Gasteiger partial charge in [0.2, 0.25) is 0 Å². The fourth-order valence-electron chi connectivity index (χ4n) is 2.53. The van der Waals surface area contributed by atoms with E-state index in [1.165, 1.54) is 16.5 Å². The van der Waals surface area contributed by atoms with Crippen molar-refractivity contribution in [1.82, 2.24) is 4.57 Å². The quantitative estimate of drug-likeness (QED) is 0.788. The second-order valence-corrected chi connectivity index (χ2v) is 4.85. The van der Waals surface area contributed by atoms with Gasteiger partial charge < -0.3 is 15.0 Å². The minimum Gasteiger partial charge on any atom is -0.496 e. The van der Waals surface area contributed by atoms with Gasteiger partial charge in [0.25, 0.3) is 0 Å². The molecule has 3 heteroatoms. The van der Waals surface area contributed by atoms with Crippen LogP contribution in [0.3, 0.4) is 0 Å². The van der Waals surface area contributed by atoms with E-state index < -0.39 is 0 Å². The lowest BCUT2D eigenvalue weighted by molar-refractivity contribution is 0.409. The van der Waals surface area contributed by atoms with Crippen molar-refractivity contribution in [2.24, 2.45) is 5.73 Å². The van der Waals surface area contributed by atoms with E-state index in [9.17, 15) is 0 Å². The summed E-state index contributed by atoms with van der Waals surface area (Å²) in [4.78, 5) is 0. The number of hydrogen-bond donors (Lipinski definition) is 1. The average molecular weight is 266 g/mol. The minimum absolute atomic E-state index is 0.496. The number of fused-ring (bicyclic) bond motifs is 1. The van der Waals surface area contributed by atoms with Crippen LogP contribution >= 0.6 is 0 Å². The molecule has 3 aromatic rings. The van der Waals surface area contributed by atoms with E-state index in [0.717, 1.165) is 17.9 Å². The van der Waals surface area contributed by atoms with Crippen LogP contribution in [0, 0.1) is 0 Å². The lowest BCUT2D eigenvalue weighted by atomic mass is 10.1. The molecule has 0 aliphatic carbocycles. The van der Waals surface area contributed by atoms with Gasteiger partial charge in [-0.25, -0.2) is 0 Å². The summed E-state index contributed by atoms with van der Waals surface area (Å²) in [5, 5.41) is 1.26. The van der Waals surface area contributed by atoms with E-state index in [-0.39, 0.29) is 0 Å². The largest absolute Gasteiger partial charge is 0.496 e. The fourth-order valence-corrected chi connectivity index (χ4v) is 2.53. The molecule has 0 atom stereocenters. The minimum atomic E-state index is 0.496. The van der Waals surface area contributed by atoms with Gasteiger partial charge in [-0.05, 0) is 29.1 Å². The molecule has 0 aliphatic heterocycles. The number of ether oxygens (including phenoxy) is 1. The van der Waals surface area contributed by atoms with Gasteiger partial charge in [-0.1, -0.05) is 30.3 Å². The van der Waals surface area contributed by atoms with Crippen molar-refractivity contribution in [3.05, 3.63) is 65.9 Å². The lowest BCUT2D eigenvalue weighted by Crippen LogP contribution is -2.02. The van der Waals surface area contributed by atoms with Crippen LogP contribution < -0.4 is 10.5 Å². The third-order valence-corrected chi connectivity index (χ3v) is 3.60. The second-order valence-electron chi connectivity index (χ2n) is 4.85. The first-order valence-electron chi connectivity index (χ1n) is 6.71. The van der Waals surface area contributed by atoms with Crippen LogP contribution in [-0.4, -0.2) is 11.7 Å². The first kappa shape index (κ1) is 12.8. The monoisotopic (exact) mass is 266 g/mol. The van der Waals surface area contributed by atoms with E-state index >= 15 is 0 Å². The normalized spacial score (nSPS) is 10.9. The molecule has 2 N–H and O–H groups in total. The Bertz CT molecular complexity index is 731. The number of rotatable bonds is 4. The number of benzene rings is 2. The highest BCUT2D eigenvalue weighted by Gasteiger charge is 2.05. The SMILES string of the molecule is COc1cc(Cn2ccc3ccccc32)ccc1CN. The van der Waals surface area contributed by atoms with Crippen molar-refractivity contribution in [3.8, 4) is 5.75 Å². The maximum absolute atomic E-state index is 5.70. The molecule has 0 spiro atoms. The number of hydrogen-bond acceptors (Lipinski definition) is 2. The van der Waals surface area contributed by atoms with Gasteiger partial charge in [0, 0.05) is 30.4 Å². The summed E-state index contributed by atoms with van der Waals surface area (Å²) in [5.74, 6) is 0.862. The van der Waals surface area contributed by atoms with Gasteiger partial charge in [0.05, 0.1) is 7.11 Å². The molecule has 20 heavy (non-hydrogen) atoms. The topological polar surface area (TPSA) is 40.2 Å². The van der Waals surface area contributed by atoms with E-state index in [2.05, 4.69) is 53.2 Å². The van der Waals surface area contributed by atoms with Crippen molar-refractivity contribution in [3.63, 3.8) is 0 Å². The summed E-state index contributed by atoms with van der Waals surface area (Å²) in [6, 6.07) is 16.8. The van der Waals surface area contributed by atoms with Gasteiger partial charge in [-0.2, -0.15) is 0 Å². The zero-order chi connectivity index (χ0) is 13.9. The van der Waals surface area contributed by atoms with Crippen molar-refractivity contribution >= 4 is 10.9 Å². The van der Waals surface area contributed by atoms with Gasteiger partial charge in [-0.15, -0.1) is 0 Å². The van der Waals surface area contributed by atoms with Gasteiger partial charge in [-0.3, -0.25) is 0 Å². The Morgan fingerprint density at radius 3 is 2.75 bits per heavy atom. The first-order valence-corrected chi connectivity index (χ1v) is 6.71. The summed E-state index contributed by atoms with van der Waals surface area (Å²) in [7, 11) is 1.68. The molecule has 0 saturated carbocycles. The average Bonchev–Trinajstić information content (AvgIpc) is 2.90. The molecule has 1 aromatic heterocycles. The highest BCUT2D eigenvalue weighted by Crippen LogP contribution is 2.22. The van der Waals surface area contributed by atoms with Crippen LogP contribution in [0.2, 0.25) is 0 Å². The number of para-hydroxylation sites is 1. The first-order chi connectivity index (χ1) is 9.81. The number of nitrogens with two attached hydrogens (primary N) is 1. The molecular weight excluding hydrogens is 248 g/mol. The summed E-state index contributed by atoms with van der Waals surface area (Å²) >= 11 is 0. The Hall–Kier alpha value is -2.26. The highest BCUT2D eigenvalue weighted by molar-refractivity contribution is 5.80. The van der Waals surface area contributed by atoms with Crippen LogP contribution in [0.15, 0.2) is 54.7 Å². The van der Waals surface area contributed by atoms with Crippen LogP contribution in [0.1, 0.15) is 11.1 Å². The molecule has 0 aliphatic rings. The van der Waals surface area contributed by atoms with E-state index in [4.69, 9.17) is 10.5 Å². The summed E-state index contributed by atoms with van der Waals surface area (Å²) in [5.41, 5.74) is 9.19. The summed E-state index contributed by atoms with van der Waals surface area (Å²) < 4.78 is 7.64. The molecule has 0 bridgehead atoms. The molecule has 2 aromatic carbocycles. The van der Waals surface area contributed by atoms with Crippen molar-refractivity contribution in [1.29, 1.82) is 0 Å². The van der Waals surface area contributed by atoms with Crippen LogP contribution in [-0.2, 0) is 13.1 Å². The third-order valence-electron chi connectivity index (χ3n) is 3.60. The zero-order valence-electron chi connectivity index (χ0n) is 11.5. The maximum Gasteiger partial charge on any atom is 0.123 e. The molecule has 3 nitrogen and oxygen atoms in total. The van der Waals surface area contributed by atoms with Crippen LogP contribution in [0.5, 0.6) is 5.75 Å².